The van der Waals surface area contributed by atoms with Gasteiger partial charge >= 0.3 is 0 Å². The van der Waals surface area contributed by atoms with E-state index in [1.54, 1.807) is 74.1 Å². The van der Waals surface area contributed by atoms with E-state index in [4.69, 9.17) is 4.74 Å². The third kappa shape index (κ3) is 3.72. The molecule has 3 aromatic rings. The lowest BCUT2D eigenvalue weighted by Crippen LogP contribution is -2.29. The van der Waals surface area contributed by atoms with E-state index in [0.717, 1.165) is 10.0 Å². The van der Waals surface area contributed by atoms with Gasteiger partial charge in [-0.3, -0.25) is 19.5 Å². The highest BCUT2D eigenvalue weighted by molar-refractivity contribution is 9.10. The average Bonchev–Trinajstić information content (AvgIpc) is 3.05. The molecular weight excluding hydrogens is 460 g/mol. The number of methoxy groups -OCH3 is 1. The zero-order valence-electron chi connectivity index (χ0n) is 16.9. The van der Waals surface area contributed by atoms with Gasteiger partial charge in [0.05, 0.1) is 18.7 Å². The van der Waals surface area contributed by atoms with Gasteiger partial charge in [-0.05, 0) is 72.6 Å². The molecule has 1 saturated heterocycles. The fourth-order valence-corrected chi connectivity index (χ4v) is 4.00. The maximum Gasteiger partial charge on any atom is 0.300 e. The molecule has 7 heteroatoms. The second-order valence-corrected chi connectivity index (χ2v) is 8.02. The number of aliphatic hydroxyl groups excluding tert-OH is 1. The maximum atomic E-state index is 13.1. The van der Waals surface area contributed by atoms with Gasteiger partial charge in [0, 0.05) is 28.1 Å². The van der Waals surface area contributed by atoms with Crippen LogP contribution in [-0.4, -0.2) is 28.9 Å². The third-order valence-corrected chi connectivity index (χ3v) is 5.79. The number of nitrogens with zero attached hydrogens (tertiary/aromatic N) is 2. The zero-order chi connectivity index (χ0) is 22.1. The first-order valence-electron chi connectivity index (χ1n) is 9.54. The van der Waals surface area contributed by atoms with Crippen molar-refractivity contribution in [2.45, 2.75) is 13.0 Å². The van der Waals surface area contributed by atoms with Gasteiger partial charge in [0.1, 0.15) is 11.5 Å². The number of carbonyl (C=O) groups is 2. The topological polar surface area (TPSA) is 79.7 Å². The van der Waals surface area contributed by atoms with E-state index in [2.05, 4.69) is 20.9 Å². The zero-order valence-corrected chi connectivity index (χ0v) is 18.5. The number of Topliss-reactive ketones (excluding diaryl/α,β-unsaturated/α-hetero) is 1. The molecule has 1 aliphatic heterocycles. The minimum Gasteiger partial charge on any atom is -0.507 e. The Morgan fingerprint density at radius 3 is 2.35 bits per heavy atom. The smallest absolute Gasteiger partial charge is 0.300 e. The van der Waals surface area contributed by atoms with Crippen LogP contribution in [0.25, 0.3) is 5.76 Å². The van der Waals surface area contributed by atoms with E-state index in [-0.39, 0.29) is 11.3 Å². The van der Waals surface area contributed by atoms with Crippen LogP contribution in [-0.2, 0) is 9.59 Å². The molecule has 6 nitrogen and oxygen atoms in total. The molecule has 2 heterocycles. The second-order valence-electron chi connectivity index (χ2n) is 7.11. The number of halogens is 1. The summed E-state index contributed by atoms with van der Waals surface area (Å²) in [5.74, 6) is -1.02. The summed E-state index contributed by atoms with van der Waals surface area (Å²) in [7, 11) is 1.56. The monoisotopic (exact) mass is 478 g/mol. The summed E-state index contributed by atoms with van der Waals surface area (Å²) in [5, 5.41) is 11.2. The molecule has 0 radical (unpaired) electrons. The summed E-state index contributed by atoms with van der Waals surface area (Å²) in [4.78, 5) is 31.7. The lowest BCUT2D eigenvalue weighted by Gasteiger charge is -2.25. The molecule has 1 amide bonds. The van der Waals surface area contributed by atoms with Gasteiger partial charge in [0.25, 0.3) is 11.7 Å². The van der Waals surface area contributed by atoms with Crippen molar-refractivity contribution in [3.63, 3.8) is 0 Å². The van der Waals surface area contributed by atoms with Crippen LogP contribution in [0.4, 0.5) is 5.69 Å². The highest BCUT2D eigenvalue weighted by Gasteiger charge is 2.47. The van der Waals surface area contributed by atoms with Crippen molar-refractivity contribution in [1.29, 1.82) is 0 Å². The van der Waals surface area contributed by atoms with E-state index < -0.39 is 17.7 Å². The molecule has 0 bridgehead atoms. The number of ether oxygens (including phenoxy) is 1. The fraction of sp³-hybridized carbons (Fsp3) is 0.125. The number of benzene rings is 2. The lowest BCUT2D eigenvalue weighted by molar-refractivity contribution is -0.132. The van der Waals surface area contributed by atoms with Crippen molar-refractivity contribution < 1.29 is 19.4 Å². The number of rotatable bonds is 4. The number of aliphatic hydroxyl groups is 1. The molecule has 0 spiro atoms. The summed E-state index contributed by atoms with van der Waals surface area (Å²) in [6.45, 7) is 1.81. The van der Waals surface area contributed by atoms with Crippen LogP contribution in [0.3, 0.4) is 0 Å². The summed E-state index contributed by atoms with van der Waals surface area (Å²) in [6, 6.07) is 14.9. The Bertz CT molecular complexity index is 1190. The minimum absolute atomic E-state index is 0.0346. The number of aryl methyl sites for hydroxylation is 1. The molecule has 0 saturated carbocycles. The normalized spacial score (nSPS) is 17.8. The molecule has 1 unspecified atom stereocenters. The molecule has 4 rings (SSSR count). The molecular formula is C24H19BrN2O4. The van der Waals surface area contributed by atoms with Crippen LogP contribution < -0.4 is 9.64 Å². The number of hydrogen-bond donors (Lipinski definition) is 1. The Hall–Kier alpha value is -3.45. The predicted octanol–water partition coefficient (Wildman–Crippen LogP) is 4.79. The van der Waals surface area contributed by atoms with E-state index in [1.165, 1.54) is 4.90 Å². The number of aromatic nitrogens is 1. The van der Waals surface area contributed by atoms with Gasteiger partial charge in [0.2, 0.25) is 0 Å². The summed E-state index contributed by atoms with van der Waals surface area (Å²) in [5.41, 5.74) is 2.45. The molecule has 1 aromatic heterocycles. The van der Waals surface area contributed by atoms with Gasteiger partial charge in [-0.25, -0.2) is 0 Å². The second kappa shape index (κ2) is 8.35. The van der Waals surface area contributed by atoms with Crippen molar-refractivity contribution in [1.82, 2.24) is 4.98 Å². The van der Waals surface area contributed by atoms with Crippen molar-refractivity contribution in [2.75, 3.05) is 12.0 Å². The van der Waals surface area contributed by atoms with E-state index >= 15 is 0 Å². The predicted molar refractivity (Wildman–Crippen MR) is 121 cm³/mol. The number of pyridine rings is 1. The summed E-state index contributed by atoms with van der Waals surface area (Å²) >= 11 is 3.39. The Morgan fingerprint density at radius 2 is 1.74 bits per heavy atom. The number of carbonyl (C=O) groups excluding carboxylic acids is 2. The summed E-state index contributed by atoms with van der Waals surface area (Å²) < 4.78 is 6.08. The Morgan fingerprint density at radius 1 is 1.06 bits per heavy atom. The van der Waals surface area contributed by atoms with Gasteiger partial charge < -0.3 is 9.84 Å². The number of anilines is 1. The largest absolute Gasteiger partial charge is 0.507 e. The van der Waals surface area contributed by atoms with Crippen LogP contribution in [0.2, 0.25) is 0 Å². The van der Waals surface area contributed by atoms with Gasteiger partial charge in [-0.1, -0.05) is 15.9 Å². The molecule has 31 heavy (non-hydrogen) atoms. The number of amides is 1. The molecule has 1 atom stereocenters. The van der Waals surface area contributed by atoms with Crippen molar-refractivity contribution >= 4 is 39.1 Å². The SMILES string of the molecule is COc1ccc(/C(O)=C2/C(=O)C(=O)N(c3ccc(Br)cc3)C2c2ccncc2)c(C)c1. The Labute approximate surface area is 187 Å². The van der Waals surface area contributed by atoms with Crippen molar-refractivity contribution in [2.24, 2.45) is 0 Å². The first-order chi connectivity index (χ1) is 14.9. The molecule has 156 valence electrons. The number of hydrogen-bond acceptors (Lipinski definition) is 5. The highest BCUT2D eigenvalue weighted by atomic mass is 79.9. The molecule has 1 N–H and O–H groups in total. The van der Waals surface area contributed by atoms with Gasteiger partial charge in [-0.15, -0.1) is 0 Å². The van der Waals surface area contributed by atoms with Crippen molar-refractivity contribution in [3.8, 4) is 5.75 Å². The van der Waals surface area contributed by atoms with Gasteiger partial charge in [0.15, 0.2) is 0 Å². The third-order valence-electron chi connectivity index (χ3n) is 5.26. The standard InChI is InChI=1S/C24H19BrN2O4/c1-14-13-18(31-2)7-8-19(14)22(28)20-21(15-9-11-26-12-10-15)27(24(30)23(20)29)17-5-3-16(25)4-6-17/h3-13,21,28H,1-2H3/b22-20-. The molecule has 1 fully saturated rings. The van der Waals surface area contributed by atoms with Crippen LogP contribution in [0, 0.1) is 6.92 Å². The quantitative estimate of drug-likeness (QED) is 0.331. The molecule has 2 aromatic carbocycles. The summed E-state index contributed by atoms with van der Waals surface area (Å²) in [6.07, 6.45) is 3.19. The minimum atomic E-state index is -0.786. The van der Waals surface area contributed by atoms with Gasteiger partial charge in [-0.2, -0.15) is 0 Å². The lowest BCUT2D eigenvalue weighted by atomic mass is 9.94. The van der Waals surface area contributed by atoms with Crippen LogP contribution in [0.15, 0.2) is 77.0 Å². The first-order valence-corrected chi connectivity index (χ1v) is 10.3. The van der Waals surface area contributed by atoms with E-state index in [9.17, 15) is 14.7 Å². The maximum absolute atomic E-state index is 13.1. The van der Waals surface area contributed by atoms with E-state index in [0.29, 0.717) is 22.6 Å². The van der Waals surface area contributed by atoms with E-state index in [1.807, 2.05) is 6.92 Å². The molecule has 1 aliphatic rings. The highest BCUT2D eigenvalue weighted by Crippen LogP contribution is 2.42. The molecule has 0 aliphatic carbocycles. The Kier molecular flexibility index (Phi) is 5.61. The fourth-order valence-electron chi connectivity index (χ4n) is 3.74. The average molecular weight is 479 g/mol. The Balaban J connectivity index is 1.93. The van der Waals surface area contributed by atoms with Crippen LogP contribution in [0.5, 0.6) is 5.75 Å². The first kappa shape index (κ1) is 20.8. The van der Waals surface area contributed by atoms with Crippen LogP contribution >= 0.6 is 15.9 Å². The van der Waals surface area contributed by atoms with Crippen LogP contribution in [0.1, 0.15) is 22.7 Å². The van der Waals surface area contributed by atoms with Crippen molar-refractivity contribution in [3.05, 3.63) is 93.7 Å². The number of ketones is 1.